The van der Waals surface area contributed by atoms with Gasteiger partial charge in [0.05, 0.1) is 5.41 Å². The molecule has 1 aliphatic carbocycles. The maximum absolute atomic E-state index is 6.52. The van der Waals surface area contributed by atoms with Gasteiger partial charge in [-0.05, 0) is 121 Å². The molecule has 0 atom stereocenters. The first-order valence-electron chi connectivity index (χ1n) is 23.1. The molecule has 0 saturated heterocycles. The Kier molecular flexibility index (Phi) is 9.11. The molecule has 0 spiro atoms. The lowest BCUT2D eigenvalue weighted by Crippen LogP contribution is -2.28. The molecule has 314 valence electrons. The second-order valence-electron chi connectivity index (χ2n) is 17.6. The Morgan fingerprint density at radius 1 is 0.299 bits per heavy atom. The third-order valence-electron chi connectivity index (χ3n) is 13.9. The van der Waals surface area contributed by atoms with Crippen LogP contribution >= 0.6 is 0 Å². The van der Waals surface area contributed by atoms with Crippen molar-refractivity contribution in [3.63, 3.8) is 0 Å². The summed E-state index contributed by atoms with van der Waals surface area (Å²) in [5.41, 5.74) is 19.0. The molecule has 0 fully saturated rings. The molecule has 1 aliphatic rings. The molecular weight excluding hydrogens is 811 g/mol. The Balaban J connectivity index is 0.995. The molecule has 67 heavy (non-hydrogen) atoms. The minimum absolute atomic E-state index is 0.533. The molecule has 11 aromatic carbocycles. The van der Waals surface area contributed by atoms with Gasteiger partial charge in [0.25, 0.3) is 0 Å². The van der Waals surface area contributed by atoms with E-state index in [2.05, 4.69) is 254 Å². The van der Waals surface area contributed by atoms with E-state index < -0.39 is 5.41 Å². The highest BCUT2D eigenvalue weighted by atomic mass is 16.3. The molecule has 13 rings (SSSR count). The number of anilines is 3. The van der Waals surface area contributed by atoms with Crippen molar-refractivity contribution in [2.24, 2.45) is 0 Å². The molecule has 0 aliphatic heterocycles. The van der Waals surface area contributed by atoms with Gasteiger partial charge in [-0.1, -0.05) is 212 Å². The Hall–Kier alpha value is -8.72. The minimum Gasteiger partial charge on any atom is -0.455 e. The van der Waals surface area contributed by atoms with Crippen LogP contribution in [0.5, 0.6) is 0 Å². The van der Waals surface area contributed by atoms with Gasteiger partial charge < -0.3 is 9.32 Å². The molecule has 0 radical (unpaired) electrons. The second-order valence-corrected chi connectivity index (χ2v) is 17.6. The number of fused-ring (bicyclic) bond motifs is 7. The van der Waals surface area contributed by atoms with E-state index >= 15 is 0 Å². The average Bonchev–Trinajstić information content (AvgIpc) is 3.93. The molecule has 0 unspecified atom stereocenters. The number of nitrogens with zero attached hydrogens (tertiary/aromatic N) is 1. The number of rotatable bonds is 8. The largest absolute Gasteiger partial charge is 0.455 e. The van der Waals surface area contributed by atoms with Crippen molar-refractivity contribution in [2.45, 2.75) is 5.41 Å². The van der Waals surface area contributed by atoms with Gasteiger partial charge >= 0.3 is 0 Å². The maximum atomic E-state index is 6.52. The van der Waals surface area contributed by atoms with Crippen LogP contribution < -0.4 is 4.90 Å². The Labute approximate surface area is 390 Å². The Morgan fingerprint density at radius 2 is 0.851 bits per heavy atom. The SMILES string of the molecule is c1ccc(C2(c3ccccc3)c3ccccc3-c3ccc(N(c4ccc(-c5cccc6c5oc5ccccc56)cc4)c4cccc(-c5cccc(-c6cccc7ccccc67)c5)c4)cc32)cc1. The molecule has 2 heteroatoms. The third kappa shape index (κ3) is 6.26. The fourth-order valence-corrected chi connectivity index (χ4v) is 11.0. The van der Waals surface area contributed by atoms with Crippen molar-refractivity contribution in [1.82, 2.24) is 0 Å². The monoisotopic (exact) mass is 853 g/mol. The predicted octanol–water partition coefficient (Wildman–Crippen LogP) is 17.6. The molecule has 1 aromatic heterocycles. The third-order valence-corrected chi connectivity index (χ3v) is 13.9. The molecule has 0 N–H and O–H groups in total. The number of benzene rings is 11. The van der Waals surface area contributed by atoms with E-state index in [0.29, 0.717) is 0 Å². The first kappa shape index (κ1) is 38.7. The van der Waals surface area contributed by atoms with Gasteiger partial charge in [0.1, 0.15) is 11.2 Å². The number of furan rings is 1. The summed E-state index contributed by atoms with van der Waals surface area (Å²) in [4.78, 5) is 2.42. The number of para-hydroxylation sites is 2. The molecule has 1 heterocycles. The van der Waals surface area contributed by atoms with Crippen molar-refractivity contribution in [3.8, 4) is 44.5 Å². The van der Waals surface area contributed by atoms with Crippen LogP contribution in [-0.2, 0) is 5.41 Å². The van der Waals surface area contributed by atoms with Crippen molar-refractivity contribution in [2.75, 3.05) is 4.90 Å². The van der Waals surface area contributed by atoms with Crippen LogP contribution in [0.1, 0.15) is 22.3 Å². The number of hydrogen-bond donors (Lipinski definition) is 0. The van der Waals surface area contributed by atoms with Crippen LogP contribution in [-0.4, -0.2) is 0 Å². The zero-order valence-corrected chi connectivity index (χ0v) is 36.7. The van der Waals surface area contributed by atoms with E-state index in [0.717, 1.165) is 61.3 Å². The topological polar surface area (TPSA) is 16.4 Å². The summed E-state index contributed by atoms with van der Waals surface area (Å²) in [6.45, 7) is 0. The van der Waals surface area contributed by atoms with Crippen LogP contribution in [0.4, 0.5) is 17.1 Å². The van der Waals surface area contributed by atoms with E-state index in [9.17, 15) is 0 Å². The van der Waals surface area contributed by atoms with Crippen LogP contribution in [0.15, 0.2) is 265 Å². The minimum atomic E-state index is -0.533. The van der Waals surface area contributed by atoms with E-state index in [1.807, 2.05) is 12.1 Å². The van der Waals surface area contributed by atoms with E-state index in [1.54, 1.807) is 0 Å². The molecule has 0 bridgehead atoms. The van der Waals surface area contributed by atoms with Crippen LogP contribution in [0.25, 0.3) is 77.2 Å². The van der Waals surface area contributed by atoms with Gasteiger partial charge in [-0.15, -0.1) is 0 Å². The fraction of sp³-hybridized carbons (Fsp3) is 0.0154. The summed E-state index contributed by atoms with van der Waals surface area (Å²) in [6, 6.07) is 95.1. The smallest absolute Gasteiger partial charge is 0.143 e. The first-order chi connectivity index (χ1) is 33.2. The van der Waals surface area contributed by atoms with Crippen molar-refractivity contribution in [3.05, 3.63) is 283 Å². The predicted molar refractivity (Wildman–Crippen MR) is 280 cm³/mol. The summed E-state index contributed by atoms with van der Waals surface area (Å²) >= 11 is 0. The molecule has 2 nitrogen and oxygen atoms in total. The summed E-state index contributed by atoms with van der Waals surface area (Å²) in [6.07, 6.45) is 0. The lowest BCUT2D eigenvalue weighted by Gasteiger charge is -2.35. The fourth-order valence-electron chi connectivity index (χ4n) is 11.0. The van der Waals surface area contributed by atoms with Crippen molar-refractivity contribution < 1.29 is 4.42 Å². The van der Waals surface area contributed by atoms with Gasteiger partial charge in [0, 0.05) is 33.4 Å². The summed E-state index contributed by atoms with van der Waals surface area (Å²) in [5, 5.41) is 4.75. The normalized spacial score (nSPS) is 12.6. The van der Waals surface area contributed by atoms with Crippen molar-refractivity contribution >= 4 is 49.8 Å². The van der Waals surface area contributed by atoms with E-state index in [1.165, 1.54) is 55.3 Å². The Bertz CT molecular complexity index is 3760. The highest BCUT2D eigenvalue weighted by Gasteiger charge is 2.46. The standard InChI is InChI=1S/C65H43NO/c1-3-22-49(23-4-1)65(50-24-5-2-6-25-50)61-33-11-9-28-57(61)58-40-39-53(43-62(58)65)66(51-37-35-45(36-38-51)56-31-16-32-60-59-29-10-12-34-63(59)67-64(56)60)52-26-14-20-47(42-52)46-19-13-21-48(41-46)55-30-15-18-44-17-7-8-27-54(44)55/h1-43H. The first-order valence-corrected chi connectivity index (χ1v) is 23.1. The molecular formula is C65H43NO. The lowest BCUT2D eigenvalue weighted by molar-refractivity contribution is 0.670. The highest BCUT2D eigenvalue weighted by molar-refractivity contribution is 6.09. The van der Waals surface area contributed by atoms with Gasteiger partial charge in [-0.25, -0.2) is 0 Å². The maximum Gasteiger partial charge on any atom is 0.143 e. The average molecular weight is 854 g/mol. The van der Waals surface area contributed by atoms with E-state index in [-0.39, 0.29) is 0 Å². The quantitative estimate of drug-likeness (QED) is 0.151. The second kappa shape index (κ2) is 15.8. The molecule has 0 amide bonds. The summed E-state index contributed by atoms with van der Waals surface area (Å²) in [5.74, 6) is 0. The van der Waals surface area contributed by atoms with Gasteiger partial charge in [0.15, 0.2) is 0 Å². The highest BCUT2D eigenvalue weighted by Crippen LogP contribution is 2.57. The zero-order chi connectivity index (χ0) is 44.3. The van der Waals surface area contributed by atoms with Crippen LogP contribution in [0.2, 0.25) is 0 Å². The lowest BCUT2D eigenvalue weighted by atomic mass is 9.67. The summed E-state index contributed by atoms with van der Waals surface area (Å²) in [7, 11) is 0. The van der Waals surface area contributed by atoms with Gasteiger partial charge in [-0.2, -0.15) is 0 Å². The summed E-state index contributed by atoms with van der Waals surface area (Å²) < 4.78 is 6.52. The van der Waals surface area contributed by atoms with Crippen LogP contribution in [0.3, 0.4) is 0 Å². The number of hydrogen-bond acceptors (Lipinski definition) is 2. The van der Waals surface area contributed by atoms with Gasteiger partial charge in [0.2, 0.25) is 0 Å². The van der Waals surface area contributed by atoms with Crippen LogP contribution in [0, 0.1) is 0 Å². The Morgan fingerprint density at radius 3 is 1.67 bits per heavy atom. The van der Waals surface area contributed by atoms with Crippen molar-refractivity contribution in [1.29, 1.82) is 0 Å². The van der Waals surface area contributed by atoms with Gasteiger partial charge in [-0.3, -0.25) is 0 Å². The molecule has 0 saturated carbocycles. The zero-order valence-electron chi connectivity index (χ0n) is 36.7. The van der Waals surface area contributed by atoms with E-state index in [4.69, 9.17) is 4.42 Å². The molecule has 12 aromatic rings.